The fraction of sp³-hybridized carbons (Fsp3) is 0.240. The molecule has 3 aromatic rings. The number of benzene rings is 2. The van der Waals surface area contributed by atoms with Crippen molar-refractivity contribution < 1.29 is 9.59 Å². The molecule has 154 valence electrons. The first-order valence-corrected chi connectivity index (χ1v) is 9.92. The fourth-order valence-corrected chi connectivity index (χ4v) is 3.14. The number of pyridine rings is 1. The first-order valence-electron chi connectivity index (χ1n) is 9.92. The fourth-order valence-electron chi connectivity index (χ4n) is 3.14. The summed E-state index contributed by atoms with van der Waals surface area (Å²) in [5.74, 6) is -0.433. The summed E-state index contributed by atoms with van der Waals surface area (Å²) in [6.07, 6.45) is 0. The van der Waals surface area contributed by atoms with Crippen LogP contribution in [0, 0.1) is 13.8 Å². The van der Waals surface area contributed by atoms with Gasteiger partial charge in [-0.2, -0.15) is 0 Å². The van der Waals surface area contributed by atoms with E-state index in [1.54, 1.807) is 42.1 Å². The van der Waals surface area contributed by atoms with Crippen LogP contribution in [0.2, 0.25) is 0 Å². The lowest BCUT2D eigenvalue weighted by atomic mass is 10.1. The van der Waals surface area contributed by atoms with Gasteiger partial charge >= 0.3 is 0 Å². The Kier molecular flexibility index (Phi) is 6.62. The van der Waals surface area contributed by atoms with Crippen LogP contribution in [0.25, 0.3) is 0 Å². The molecular formula is C25H27N3O2. The van der Waals surface area contributed by atoms with Gasteiger partial charge in [0.05, 0.1) is 0 Å². The number of hydrogen-bond acceptors (Lipinski definition) is 3. The molecule has 3 rings (SSSR count). The molecule has 0 fully saturated rings. The highest BCUT2D eigenvalue weighted by molar-refractivity contribution is 5.96. The maximum atomic E-state index is 12.8. The SMILES string of the molecule is Cc1ccc(CN(C)C(=O)c2cccc(C(=O)N(C)Cc3ccc(C)cc3)n2)cc1. The zero-order chi connectivity index (χ0) is 21.7. The van der Waals surface area contributed by atoms with Crippen LogP contribution in [0.15, 0.2) is 66.7 Å². The molecule has 2 aromatic carbocycles. The second-order valence-corrected chi connectivity index (χ2v) is 7.70. The smallest absolute Gasteiger partial charge is 0.272 e. The van der Waals surface area contributed by atoms with Gasteiger partial charge in [0, 0.05) is 27.2 Å². The highest BCUT2D eigenvalue weighted by atomic mass is 16.2. The van der Waals surface area contributed by atoms with Crippen molar-refractivity contribution in [1.29, 1.82) is 0 Å². The molecular weight excluding hydrogens is 374 g/mol. The lowest BCUT2D eigenvalue weighted by molar-refractivity contribution is 0.0771. The quantitative estimate of drug-likeness (QED) is 0.621. The van der Waals surface area contributed by atoms with Crippen LogP contribution >= 0.6 is 0 Å². The van der Waals surface area contributed by atoms with Gasteiger partial charge in [0.1, 0.15) is 11.4 Å². The molecule has 1 aromatic heterocycles. The van der Waals surface area contributed by atoms with Crippen LogP contribution in [0.1, 0.15) is 43.2 Å². The predicted molar refractivity (Wildman–Crippen MR) is 118 cm³/mol. The Morgan fingerprint density at radius 3 is 1.40 bits per heavy atom. The van der Waals surface area contributed by atoms with Gasteiger partial charge in [-0.15, -0.1) is 0 Å². The number of nitrogens with zero attached hydrogens (tertiary/aromatic N) is 3. The molecule has 0 saturated carbocycles. The third-order valence-electron chi connectivity index (χ3n) is 4.96. The molecule has 0 aliphatic heterocycles. The van der Waals surface area contributed by atoms with E-state index in [4.69, 9.17) is 0 Å². The third-order valence-corrected chi connectivity index (χ3v) is 4.96. The van der Waals surface area contributed by atoms with Crippen molar-refractivity contribution in [2.45, 2.75) is 26.9 Å². The molecule has 0 spiro atoms. The van der Waals surface area contributed by atoms with Crippen LogP contribution in [-0.2, 0) is 13.1 Å². The van der Waals surface area contributed by atoms with Crippen LogP contribution in [0.4, 0.5) is 0 Å². The summed E-state index contributed by atoms with van der Waals surface area (Å²) in [5.41, 5.74) is 4.96. The molecule has 2 amide bonds. The Labute approximate surface area is 178 Å². The van der Waals surface area contributed by atoms with Gasteiger partial charge in [-0.05, 0) is 37.1 Å². The van der Waals surface area contributed by atoms with Gasteiger partial charge < -0.3 is 9.80 Å². The van der Waals surface area contributed by atoms with E-state index >= 15 is 0 Å². The summed E-state index contributed by atoms with van der Waals surface area (Å²) in [5, 5.41) is 0. The zero-order valence-electron chi connectivity index (χ0n) is 17.9. The van der Waals surface area contributed by atoms with Crippen LogP contribution < -0.4 is 0 Å². The van der Waals surface area contributed by atoms with Crippen LogP contribution in [0.3, 0.4) is 0 Å². The highest BCUT2D eigenvalue weighted by Crippen LogP contribution is 2.12. The molecule has 5 nitrogen and oxygen atoms in total. The molecule has 0 unspecified atom stereocenters. The molecule has 1 heterocycles. The summed E-state index contributed by atoms with van der Waals surface area (Å²) in [6, 6.07) is 21.1. The number of aryl methyl sites for hydroxylation is 2. The van der Waals surface area contributed by atoms with E-state index in [2.05, 4.69) is 4.98 Å². The lowest BCUT2D eigenvalue weighted by Gasteiger charge is -2.19. The van der Waals surface area contributed by atoms with E-state index in [1.165, 1.54) is 11.1 Å². The number of amides is 2. The minimum absolute atomic E-state index is 0.216. The molecule has 0 N–H and O–H groups in total. The van der Waals surface area contributed by atoms with E-state index in [1.807, 2.05) is 62.4 Å². The minimum atomic E-state index is -0.216. The van der Waals surface area contributed by atoms with Gasteiger partial charge in [-0.3, -0.25) is 9.59 Å². The normalized spacial score (nSPS) is 10.5. The minimum Gasteiger partial charge on any atom is -0.336 e. The molecule has 30 heavy (non-hydrogen) atoms. The summed E-state index contributed by atoms with van der Waals surface area (Å²) in [7, 11) is 3.48. The summed E-state index contributed by atoms with van der Waals surface area (Å²) < 4.78 is 0. The Balaban J connectivity index is 1.69. The van der Waals surface area contributed by atoms with Gasteiger partial charge in [-0.1, -0.05) is 65.7 Å². The second-order valence-electron chi connectivity index (χ2n) is 7.70. The Morgan fingerprint density at radius 2 is 1.03 bits per heavy atom. The molecule has 0 bridgehead atoms. The topological polar surface area (TPSA) is 53.5 Å². The van der Waals surface area contributed by atoms with E-state index in [-0.39, 0.29) is 23.2 Å². The molecule has 0 atom stereocenters. The molecule has 0 aliphatic rings. The van der Waals surface area contributed by atoms with Crippen LogP contribution in [-0.4, -0.2) is 40.7 Å². The number of hydrogen-bond donors (Lipinski definition) is 0. The summed E-state index contributed by atoms with van der Waals surface area (Å²) in [6.45, 7) is 5.01. The maximum absolute atomic E-state index is 12.8. The maximum Gasteiger partial charge on any atom is 0.272 e. The van der Waals surface area contributed by atoms with E-state index < -0.39 is 0 Å². The first-order chi connectivity index (χ1) is 14.3. The van der Waals surface area contributed by atoms with E-state index in [9.17, 15) is 9.59 Å². The Hall–Kier alpha value is -3.47. The molecule has 0 radical (unpaired) electrons. The molecule has 0 aliphatic carbocycles. The van der Waals surface area contributed by atoms with Crippen molar-refractivity contribution in [2.75, 3.05) is 14.1 Å². The lowest BCUT2D eigenvalue weighted by Crippen LogP contribution is -2.30. The van der Waals surface area contributed by atoms with E-state index in [0.29, 0.717) is 13.1 Å². The first kappa shape index (κ1) is 21.2. The summed E-state index contributed by atoms with van der Waals surface area (Å²) >= 11 is 0. The van der Waals surface area contributed by atoms with Gasteiger partial charge in [0.15, 0.2) is 0 Å². The van der Waals surface area contributed by atoms with Crippen molar-refractivity contribution in [1.82, 2.24) is 14.8 Å². The van der Waals surface area contributed by atoms with Gasteiger partial charge in [0.25, 0.3) is 11.8 Å². The van der Waals surface area contributed by atoms with Crippen molar-refractivity contribution >= 4 is 11.8 Å². The average Bonchev–Trinajstić information content (AvgIpc) is 2.76. The van der Waals surface area contributed by atoms with Crippen LogP contribution in [0.5, 0.6) is 0 Å². The number of carbonyl (C=O) groups is 2. The highest BCUT2D eigenvalue weighted by Gasteiger charge is 2.18. The largest absolute Gasteiger partial charge is 0.336 e. The average molecular weight is 402 g/mol. The van der Waals surface area contributed by atoms with Crippen molar-refractivity contribution in [3.8, 4) is 0 Å². The number of carbonyl (C=O) groups excluding carboxylic acids is 2. The van der Waals surface area contributed by atoms with E-state index in [0.717, 1.165) is 11.1 Å². The monoisotopic (exact) mass is 401 g/mol. The number of aromatic nitrogens is 1. The Bertz CT molecular complexity index is 946. The standard InChI is InChI=1S/C25H27N3O2/c1-18-8-12-20(13-9-18)16-27(3)24(29)22-6-5-7-23(26-22)25(30)28(4)17-21-14-10-19(2)11-15-21/h5-15H,16-17H2,1-4H3. The predicted octanol–water partition coefficient (Wildman–Crippen LogP) is 4.24. The zero-order valence-corrected chi connectivity index (χ0v) is 17.9. The third kappa shape index (κ3) is 5.32. The van der Waals surface area contributed by atoms with Crippen molar-refractivity contribution in [2.24, 2.45) is 0 Å². The molecule has 5 heteroatoms. The molecule has 0 saturated heterocycles. The number of rotatable bonds is 6. The van der Waals surface area contributed by atoms with Crippen molar-refractivity contribution in [3.63, 3.8) is 0 Å². The van der Waals surface area contributed by atoms with Gasteiger partial charge in [-0.25, -0.2) is 4.98 Å². The second kappa shape index (κ2) is 9.35. The Morgan fingerprint density at radius 1 is 0.667 bits per heavy atom. The summed E-state index contributed by atoms with van der Waals surface area (Å²) in [4.78, 5) is 33.2. The van der Waals surface area contributed by atoms with Gasteiger partial charge in [0.2, 0.25) is 0 Å². The van der Waals surface area contributed by atoms with Crippen molar-refractivity contribution in [3.05, 3.63) is 100 Å².